The zero-order valence-electron chi connectivity index (χ0n) is 25.7. The first kappa shape index (κ1) is 30.8. The van der Waals surface area contributed by atoms with Gasteiger partial charge in [0.2, 0.25) is 0 Å². The number of hydrogen-bond donors (Lipinski definition) is 2. The van der Waals surface area contributed by atoms with Gasteiger partial charge in [0.05, 0.1) is 22.0 Å². The van der Waals surface area contributed by atoms with E-state index in [4.69, 9.17) is 16.1 Å². The molecule has 0 saturated carbocycles. The van der Waals surface area contributed by atoms with E-state index in [1.54, 1.807) is 0 Å². The first-order valence-corrected chi connectivity index (χ1v) is 15.9. The third-order valence-corrected chi connectivity index (χ3v) is 10.4. The number of phenolic OH excluding ortho intramolecular Hbond substituents is 1. The van der Waals surface area contributed by atoms with Crippen molar-refractivity contribution in [1.82, 2.24) is 25.2 Å². The van der Waals surface area contributed by atoms with Crippen molar-refractivity contribution >= 4 is 27.5 Å². The van der Waals surface area contributed by atoms with Gasteiger partial charge in [-0.15, -0.1) is 6.42 Å². The van der Waals surface area contributed by atoms with Crippen LogP contribution in [0.1, 0.15) is 37.7 Å². The van der Waals surface area contributed by atoms with Crippen LogP contribution in [0.25, 0.3) is 32.9 Å². The van der Waals surface area contributed by atoms with Crippen molar-refractivity contribution in [2.75, 3.05) is 37.7 Å². The molecule has 4 aliphatic heterocycles. The van der Waals surface area contributed by atoms with Crippen LogP contribution < -0.4 is 15.0 Å². The van der Waals surface area contributed by atoms with Crippen LogP contribution >= 0.6 is 0 Å². The Balaban J connectivity index is 1.28. The highest BCUT2D eigenvalue weighted by Crippen LogP contribution is 2.43. The maximum Gasteiger partial charge on any atom is 0.319 e. The summed E-state index contributed by atoms with van der Waals surface area (Å²) < 4.78 is 79.6. The van der Waals surface area contributed by atoms with Crippen molar-refractivity contribution < 1.29 is 31.8 Å². The predicted octanol–water partition coefficient (Wildman–Crippen LogP) is 5.86. The molecule has 2 aromatic carbocycles. The lowest BCUT2D eigenvalue weighted by Gasteiger charge is -2.40. The summed E-state index contributed by atoms with van der Waals surface area (Å²) in [6.07, 6.45) is 8.24. The van der Waals surface area contributed by atoms with Crippen LogP contribution in [-0.4, -0.2) is 81.0 Å². The summed E-state index contributed by atoms with van der Waals surface area (Å²) in [4.78, 5) is 17.5. The van der Waals surface area contributed by atoms with Gasteiger partial charge < -0.3 is 20.1 Å². The molecule has 248 valence electrons. The Labute approximate surface area is 272 Å². The highest BCUT2D eigenvalue weighted by molar-refractivity contribution is 6.03. The Bertz CT molecular complexity index is 2050. The summed E-state index contributed by atoms with van der Waals surface area (Å²) in [5.74, 6) is 0.785. The maximum atomic E-state index is 16.9. The average Bonchev–Trinajstić information content (AvgIpc) is 3.67. The number of aromatic nitrogens is 3. The average molecular weight is 663 g/mol. The summed E-state index contributed by atoms with van der Waals surface area (Å²) in [6.45, 7) is 1.68. The monoisotopic (exact) mass is 662 g/mol. The smallest absolute Gasteiger partial charge is 0.319 e. The standard InChI is InChI=1S/C35H31F5N6O2/c1-2-23-26(37)5-4-19-10-22(47)11-24(28(19)23)30-29(40)31-25(14-41-30)32(45-16-21-6-8-34(17-45,44-21)13-27(38)39)43-33(42-31)48-18-35-7-3-9-46(35)15-20(36)12-35/h1,4-5,10-11,13-14,20-21,44,47H,3,6-9,12,15-18H2/t20-,21+,34+,35+/m1/s1. The molecule has 2 N–H and O–H groups in total. The third-order valence-electron chi connectivity index (χ3n) is 10.4. The molecule has 4 aliphatic rings. The number of benzene rings is 2. The normalized spacial score (nSPS) is 26.6. The number of pyridine rings is 1. The molecule has 0 amide bonds. The second-order valence-corrected chi connectivity index (χ2v) is 13.4. The summed E-state index contributed by atoms with van der Waals surface area (Å²) in [6, 6.07) is 4.98. The number of fused-ring (bicyclic) bond motifs is 5. The Kier molecular flexibility index (Phi) is 7.23. The van der Waals surface area contributed by atoms with Gasteiger partial charge in [0.15, 0.2) is 5.82 Å². The number of halogens is 5. The van der Waals surface area contributed by atoms with E-state index in [0.717, 1.165) is 25.5 Å². The van der Waals surface area contributed by atoms with E-state index in [0.29, 0.717) is 37.7 Å². The van der Waals surface area contributed by atoms with E-state index < -0.39 is 35.0 Å². The van der Waals surface area contributed by atoms with Crippen LogP contribution in [0.15, 0.2) is 42.6 Å². The maximum absolute atomic E-state index is 16.9. The number of alkyl halides is 1. The molecule has 2 aromatic heterocycles. The fourth-order valence-corrected chi connectivity index (χ4v) is 8.36. The molecule has 0 aliphatic carbocycles. The second kappa shape index (κ2) is 11.3. The van der Waals surface area contributed by atoms with Crippen LogP contribution in [-0.2, 0) is 0 Å². The fraction of sp³-hybridized carbons (Fsp3) is 0.400. The van der Waals surface area contributed by atoms with Crippen molar-refractivity contribution in [2.45, 2.75) is 55.4 Å². The Morgan fingerprint density at radius 2 is 2.04 bits per heavy atom. The lowest BCUT2D eigenvalue weighted by Crippen LogP contribution is -2.59. The Morgan fingerprint density at radius 1 is 1.19 bits per heavy atom. The molecule has 0 radical (unpaired) electrons. The number of rotatable bonds is 6. The van der Waals surface area contributed by atoms with E-state index in [2.05, 4.69) is 26.1 Å². The zero-order chi connectivity index (χ0) is 33.4. The highest BCUT2D eigenvalue weighted by Gasteiger charge is 2.50. The minimum Gasteiger partial charge on any atom is -0.508 e. The number of nitrogens with zero attached hydrogens (tertiary/aromatic N) is 5. The van der Waals surface area contributed by atoms with Crippen molar-refractivity contribution in [1.29, 1.82) is 0 Å². The van der Waals surface area contributed by atoms with Crippen molar-refractivity contribution in [3.63, 3.8) is 0 Å². The number of hydrogen-bond acceptors (Lipinski definition) is 8. The molecule has 8 rings (SSSR count). The molecule has 2 bridgehead atoms. The first-order chi connectivity index (χ1) is 23.1. The van der Waals surface area contributed by atoms with E-state index >= 15 is 4.39 Å². The molecular formula is C35H31F5N6O2. The van der Waals surface area contributed by atoms with Gasteiger partial charge in [-0.1, -0.05) is 12.0 Å². The van der Waals surface area contributed by atoms with Gasteiger partial charge in [-0.3, -0.25) is 9.88 Å². The number of nitrogens with one attached hydrogen (secondary N) is 1. The molecule has 0 unspecified atom stereocenters. The van der Waals surface area contributed by atoms with E-state index in [1.165, 1.54) is 30.5 Å². The van der Waals surface area contributed by atoms with Gasteiger partial charge in [-0.2, -0.15) is 18.7 Å². The largest absolute Gasteiger partial charge is 0.508 e. The lowest BCUT2D eigenvalue weighted by molar-refractivity contribution is 0.107. The van der Waals surface area contributed by atoms with E-state index in [9.17, 15) is 22.7 Å². The van der Waals surface area contributed by atoms with Gasteiger partial charge in [0.1, 0.15) is 41.4 Å². The fourth-order valence-electron chi connectivity index (χ4n) is 8.36. The van der Waals surface area contributed by atoms with Gasteiger partial charge in [0.25, 0.3) is 6.08 Å². The zero-order valence-corrected chi connectivity index (χ0v) is 25.7. The summed E-state index contributed by atoms with van der Waals surface area (Å²) in [7, 11) is 0. The predicted molar refractivity (Wildman–Crippen MR) is 170 cm³/mol. The van der Waals surface area contributed by atoms with E-state index in [-0.39, 0.29) is 69.9 Å². The number of ether oxygens (including phenoxy) is 1. The molecule has 4 fully saturated rings. The number of terminal acetylenes is 1. The summed E-state index contributed by atoms with van der Waals surface area (Å²) in [5, 5.41) is 14.6. The topological polar surface area (TPSA) is 86.6 Å². The molecule has 13 heteroatoms. The molecule has 4 atom stereocenters. The molecular weight excluding hydrogens is 631 g/mol. The first-order valence-electron chi connectivity index (χ1n) is 15.9. The second-order valence-electron chi connectivity index (χ2n) is 13.4. The van der Waals surface area contributed by atoms with Gasteiger partial charge >= 0.3 is 6.01 Å². The Morgan fingerprint density at radius 3 is 2.85 bits per heavy atom. The SMILES string of the molecule is C#Cc1c(F)ccc2cc(O)cc(-c3ncc4c(N5C[C@@H]6CC[C@](C=C(F)F)(C5)N6)nc(OC[C@@]56CCCN5C[C@H](F)C6)nc4c3F)c12. The van der Waals surface area contributed by atoms with E-state index in [1.807, 2.05) is 4.90 Å². The lowest BCUT2D eigenvalue weighted by atomic mass is 9.95. The highest BCUT2D eigenvalue weighted by atomic mass is 19.3. The quantitative estimate of drug-likeness (QED) is 0.196. The number of phenols is 1. The molecule has 48 heavy (non-hydrogen) atoms. The minimum absolute atomic E-state index is 0.0580. The van der Waals surface area contributed by atoms with Crippen molar-refractivity contribution in [3.05, 3.63) is 59.8 Å². The minimum atomic E-state index is -1.80. The van der Waals surface area contributed by atoms with Gasteiger partial charge in [0, 0.05) is 55.3 Å². The number of aromatic hydroxyl groups is 1. The third kappa shape index (κ3) is 5.00. The van der Waals surface area contributed by atoms with Crippen LogP contribution in [0.5, 0.6) is 11.8 Å². The molecule has 0 spiro atoms. The Hall–Kier alpha value is -4.54. The van der Waals surface area contributed by atoms with Crippen LogP contribution in [0.2, 0.25) is 0 Å². The van der Waals surface area contributed by atoms with Gasteiger partial charge in [-0.25, -0.2) is 13.2 Å². The summed E-state index contributed by atoms with van der Waals surface area (Å²) in [5.41, 5.74) is -2.00. The van der Waals surface area contributed by atoms with Crippen LogP contribution in [0.3, 0.4) is 0 Å². The molecule has 4 aromatic rings. The van der Waals surface area contributed by atoms with Crippen LogP contribution in [0, 0.1) is 24.0 Å². The molecule has 4 saturated heterocycles. The van der Waals surface area contributed by atoms with Crippen molar-refractivity contribution in [3.8, 4) is 35.4 Å². The molecule has 6 heterocycles. The number of anilines is 1. The molecule has 8 nitrogen and oxygen atoms in total. The van der Waals surface area contributed by atoms with Crippen molar-refractivity contribution in [2.24, 2.45) is 0 Å². The summed E-state index contributed by atoms with van der Waals surface area (Å²) >= 11 is 0. The number of piperazine rings is 1. The van der Waals surface area contributed by atoms with Crippen LogP contribution in [0.4, 0.5) is 27.8 Å². The van der Waals surface area contributed by atoms with Gasteiger partial charge in [-0.05, 0) is 55.8 Å².